The number of piperazine rings is 1. The molecule has 0 atom stereocenters. The second-order valence-corrected chi connectivity index (χ2v) is 8.83. The quantitative estimate of drug-likeness (QED) is 0.738. The fourth-order valence-electron chi connectivity index (χ4n) is 4.10. The number of carboxylic acid groups (broad SMARTS) is 1. The summed E-state index contributed by atoms with van der Waals surface area (Å²) in [6, 6.07) is 5.23. The van der Waals surface area contributed by atoms with E-state index in [1.54, 1.807) is 16.3 Å². The van der Waals surface area contributed by atoms with E-state index in [1.165, 1.54) is 22.3 Å². The zero-order chi connectivity index (χ0) is 22.9. The molecular formula is C21H23F3N4O3S. The number of hydrogen-bond donors (Lipinski definition) is 1. The summed E-state index contributed by atoms with van der Waals surface area (Å²) in [7, 11) is 0. The average molecular weight is 469 g/mol. The van der Waals surface area contributed by atoms with Gasteiger partial charge in [0.15, 0.2) is 0 Å². The zero-order valence-electron chi connectivity index (χ0n) is 17.2. The van der Waals surface area contributed by atoms with Crippen molar-refractivity contribution >= 4 is 29.0 Å². The smallest absolute Gasteiger partial charge is 0.416 e. The third-order valence-electron chi connectivity index (χ3n) is 5.96. The van der Waals surface area contributed by atoms with Crippen LogP contribution < -0.4 is 4.90 Å². The fraction of sp³-hybridized carbons (Fsp3) is 0.476. The summed E-state index contributed by atoms with van der Waals surface area (Å²) in [5, 5.41) is 11.7. The van der Waals surface area contributed by atoms with Crippen molar-refractivity contribution in [1.82, 2.24) is 14.8 Å². The Bertz CT molecular complexity index is 981. The van der Waals surface area contributed by atoms with Crippen LogP contribution >= 0.6 is 11.3 Å². The van der Waals surface area contributed by atoms with E-state index in [4.69, 9.17) is 5.11 Å². The van der Waals surface area contributed by atoms with Crippen molar-refractivity contribution in [3.8, 4) is 0 Å². The number of halogens is 3. The van der Waals surface area contributed by atoms with Crippen molar-refractivity contribution in [2.45, 2.75) is 24.9 Å². The molecular weight excluding hydrogens is 445 g/mol. The van der Waals surface area contributed by atoms with Gasteiger partial charge in [-0.25, -0.2) is 9.78 Å². The van der Waals surface area contributed by atoms with Gasteiger partial charge in [0.25, 0.3) is 5.91 Å². The number of benzene rings is 1. The molecule has 4 rings (SSSR count). The predicted molar refractivity (Wildman–Crippen MR) is 113 cm³/mol. The van der Waals surface area contributed by atoms with Gasteiger partial charge < -0.3 is 19.8 Å². The van der Waals surface area contributed by atoms with Crippen LogP contribution in [0.5, 0.6) is 0 Å². The summed E-state index contributed by atoms with van der Waals surface area (Å²) in [6.45, 7) is 2.61. The summed E-state index contributed by atoms with van der Waals surface area (Å²) >= 11 is 1.42. The van der Waals surface area contributed by atoms with Gasteiger partial charge in [-0.3, -0.25) is 4.79 Å². The Morgan fingerprint density at radius 3 is 2.34 bits per heavy atom. The van der Waals surface area contributed by atoms with E-state index in [1.807, 2.05) is 4.90 Å². The number of amides is 2. The van der Waals surface area contributed by atoms with E-state index < -0.39 is 17.8 Å². The maximum absolute atomic E-state index is 13.0. The summed E-state index contributed by atoms with van der Waals surface area (Å²) in [4.78, 5) is 33.4. The Balaban J connectivity index is 1.34. The SMILES string of the molecule is O=C(O)N1CCC(c2nc(C(=O)N3CCN(c4cccc(C(F)(F)F)c4)CC3)cs2)CC1. The van der Waals surface area contributed by atoms with E-state index in [0.717, 1.165) is 17.1 Å². The van der Waals surface area contributed by atoms with Crippen molar-refractivity contribution in [1.29, 1.82) is 0 Å². The lowest BCUT2D eigenvalue weighted by molar-refractivity contribution is -0.137. The topological polar surface area (TPSA) is 77.0 Å². The summed E-state index contributed by atoms with van der Waals surface area (Å²) < 4.78 is 38.9. The van der Waals surface area contributed by atoms with E-state index >= 15 is 0 Å². The monoisotopic (exact) mass is 468 g/mol. The summed E-state index contributed by atoms with van der Waals surface area (Å²) in [5.74, 6) is -0.0333. The third kappa shape index (κ3) is 4.82. The Morgan fingerprint density at radius 1 is 1.03 bits per heavy atom. The highest BCUT2D eigenvalue weighted by atomic mass is 32.1. The van der Waals surface area contributed by atoms with Crippen molar-refractivity contribution in [3.05, 3.63) is 45.9 Å². The molecule has 32 heavy (non-hydrogen) atoms. The molecule has 0 aliphatic carbocycles. The number of hydrogen-bond acceptors (Lipinski definition) is 5. The van der Waals surface area contributed by atoms with Gasteiger partial charge in [0.1, 0.15) is 5.69 Å². The van der Waals surface area contributed by atoms with Crippen LogP contribution in [-0.4, -0.2) is 71.2 Å². The number of likely N-dealkylation sites (tertiary alicyclic amines) is 1. The number of piperidine rings is 1. The molecule has 0 spiro atoms. The van der Waals surface area contributed by atoms with Gasteiger partial charge in [0.05, 0.1) is 10.6 Å². The molecule has 2 aliphatic rings. The van der Waals surface area contributed by atoms with Gasteiger partial charge in [0.2, 0.25) is 0 Å². The third-order valence-corrected chi connectivity index (χ3v) is 6.97. The minimum atomic E-state index is -4.39. The van der Waals surface area contributed by atoms with Crippen LogP contribution in [0.2, 0.25) is 0 Å². The van der Waals surface area contributed by atoms with Crippen LogP contribution in [0.4, 0.5) is 23.7 Å². The number of carbonyl (C=O) groups excluding carboxylic acids is 1. The highest BCUT2D eigenvalue weighted by Crippen LogP contribution is 2.33. The minimum absolute atomic E-state index is 0.148. The first kappa shape index (κ1) is 22.4. The van der Waals surface area contributed by atoms with E-state index in [9.17, 15) is 22.8 Å². The molecule has 3 heterocycles. The highest BCUT2D eigenvalue weighted by molar-refractivity contribution is 7.09. The first-order valence-electron chi connectivity index (χ1n) is 10.4. The van der Waals surface area contributed by atoms with Gasteiger partial charge in [0, 0.05) is 56.3 Å². The first-order chi connectivity index (χ1) is 15.2. The van der Waals surface area contributed by atoms with Crippen molar-refractivity contribution < 1.29 is 27.9 Å². The first-order valence-corrected chi connectivity index (χ1v) is 11.2. The largest absolute Gasteiger partial charge is 0.465 e. The molecule has 0 bridgehead atoms. The molecule has 2 aliphatic heterocycles. The van der Waals surface area contributed by atoms with Crippen LogP contribution in [0.15, 0.2) is 29.6 Å². The van der Waals surface area contributed by atoms with Gasteiger partial charge in [-0.05, 0) is 31.0 Å². The number of thiazole rings is 1. The van der Waals surface area contributed by atoms with E-state index in [-0.39, 0.29) is 11.8 Å². The number of alkyl halides is 3. The maximum atomic E-state index is 13.0. The number of aromatic nitrogens is 1. The standard InChI is InChI=1S/C21H23F3N4O3S/c22-21(23,24)15-2-1-3-16(12-15)26-8-10-27(11-9-26)19(29)17-13-32-18(25-17)14-4-6-28(7-5-14)20(30)31/h1-3,12-14H,4-11H2,(H,30,31). The molecule has 0 saturated carbocycles. The Hall–Kier alpha value is -2.82. The van der Waals surface area contributed by atoms with Gasteiger partial charge in [-0.15, -0.1) is 11.3 Å². The molecule has 1 aromatic heterocycles. The second-order valence-electron chi connectivity index (χ2n) is 7.94. The van der Waals surface area contributed by atoms with Crippen LogP contribution in [-0.2, 0) is 6.18 Å². The summed E-state index contributed by atoms with van der Waals surface area (Å²) in [5.41, 5.74) is 0.187. The van der Waals surface area contributed by atoms with Crippen LogP contribution in [0, 0.1) is 0 Å². The van der Waals surface area contributed by atoms with Gasteiger partial charge in [-0.1, -0.05) is 6.07 Å². The maximum Gasteiger partial charge on any atom is 0.416 e. The molecule has 2 aromatic rings. The lowest BCUT2D eigenvalue weighted by atomic mass is 9.98. The molecule has 1 aromatic carbocycles. The molecule has 11 heteroatoms. The molecule has 2 saturated heterocycles. The Labute approximate surface area is 187 Å². The minimum Gasteiger partial charge on any atom is -0.465 e. The van der Waals surface area contributed by atoms with E-state index in [0.29, 0.717) is 63.5 Å². The van der Waals surface area contributed by atoms with Crippen molar-refractivity contribution in [3.63, 3.8) is 0 Å². The molecule has 0 unspecified atom stereocenters. The van der Waals surface area contributed by atoms with Gasteiger partial charge >= 0.3 is 12.3 Å². The number of nitrogens with zero attached hydrogens (tertiary/aromatic N) is 4. The average Bonchev–Trinajstić information content (AvgIpc) is 3.28. The Morgan fingerprint density at radius 2 is 1.72 bits per heavy atom. The van der Waals surface area contributed by atoms with E-state index in [2.05, 4.69) is 4.98 Å². The van der Waals surface area contributed by atoms with Crippen LogP contribution in [0.25, 0.3) is 0 Å². The zero-order valence-corrected chi connectivity index (χ0v) is 18.0. The molecule has 0 radical (unpaired) electrons. The molecule has 2 amide bonds. The lowest BCUT2D eigenvalue weighted by Gasteiger charge is -2.36. The van der Waals surface area contributed by atoms with Crippen LogP contribution in [0.3, 0.4) is 0 Å². The molecule has 7 nitrogen and oxygen atoms in total. The lowest BCUT2D eigenvalue weighted by Crippen LogP contribution is -2.49. The Kier molecular flexibility index (Phi) is 6.27. The molecule has 172 valence electrons. The number of rotatable bonds is 3. The van der Waals surface area contributed by atoms with Crippen molar-refractivity contribution in [2.75, 3.05) is 44.2 Å². The highest BCUT2D eigenvalue weighted by Gasteiger charge is 2.32. The second kappa shape index (κ2) is 8.97. The predicted octanol–water partition coefficient (Wildman–Crippen LogP) is 3.98. The number of anilines is 1. The van der Waals surface area contributed by atoms with Crippen LogP contribution in [0.1, 0.15) is 39.8 Å². The fourth-order valence-corrected chi connectivity index (χ4v) is 5.06. The molecule has 2 fully saturated rings. The number of carbonyl (C=O) groups is 2. The summed E-state index contributed by atoms with van der Waals surface area (Å²) in [6.07, 6.45) is -3.94. The normalized spacial score (nSPS) is 18.2. The molecule has 1 N–H and O–H groups in total. The van der Waals surface area contributed by atoms with Gasteiger partial charge in [-0.2, -0.15) is 13.2 Å². The van der Waals surface area contributed by atoms with Crippen molar-refractivity contribution in [2.24, 2.45) is 0 Å².